The molecule has 0 aliphatic carbocycles. The molecule has 134 valence electrons. The number of carbonyl (C=O) groups is 1. The molecule has 2 aromatic rings. The van der Waals surface area contributed by atoms with Crippen LogP contribution in [0.4, 0.5) is 5.69 Å². The topological polar surface area (TPSA) is 56.8 Å². The van der Waals surface area contributed by atoms with Gasteiger partial charge in [0.25, 0.3) is 5.91 Å². The summed E-state index contributed by atoms with van der Waals surface area (Å²) in [6.45, 7) is 4.91. The molecule has 0 radical (unpaired) electrons. The molecule has 0 fully saturated rings. The van der Waals surface area contributed by atoms with E-state index in [0.717, 1.165) is 6.42 Å². The Hall–Kier alpha value is -2.69. The smallest absolute Gasteiger partial charge is 0.255 e. The van der Waals surface area contributed by atoms with Crippen LogP contribution in [0.3, 0.4) is 0 Å². The van der Waals surface area contributed by atoms with E-state index in [2.05, 4.69) is 19.2 Å². The van der Waals surface area contributed by atoms with Crippen LogP contribution in [0.15, 0.2) is 42.5 Å². The maximum Gasteiger partial charge on any atom is 0.255 e. The molecular formula is C20H25NO4. The number of hydrogen-bond donors (Lipinski definition) is 1. The second-order valence-electron chi connectivity index (χ2n) is 6.08. The summed E-state index contributed by atoms with van der Waals surface area (Å²) in [4.78, 5) is 12.4. The molecule has 2 rings (SSSR count). The Balaban J connectivity index is 2.09. The highest BCUT2D eigenvalue weighted by molar-refractivity contribution is 6.04. The van der Waals surface area contributed by atoms with Crippen LogP contribution in [-0.2, 0) is 0 Å². The number of rotatable bonds is 8. The van der Waals surface area contributed by atoms with E-state index in [1.165, 1.54) is 0 Å². The van der Waals surface area contributed by atoms with Gasteiger partial charge in [0, 0.05) is 17.3 Å². The zero-order chi connectivity index (χ0) is 18.2. The lowest BCUT2D eigenvalue weighted by atomic mass is 10.1. The summed E-state index contributed by atoms with van der Waals surface area (Å²) in [5.41, 5.74) is 1.16. The second-order valence-corrected chi connectivity index (χ2v) is 6.08. The molecule has 5 nitrogen and oxygen atoms in total. The van der Waals surface area contributed by atoms with Crippen molar-refractivity contribution in [2.75, 3.05) is 26.1 Å². The van der Waals surface area contributed by atoms with Crippen LogP contribution in [0.2, 0.25) is 0 Å². The molecule has 0 saturated carbocycles. The SMILES string of the molecule is COc1cccc(NC(=O)c2ccc(OCCC(C)C)c(OC)c2)c1. The van der Waals surface area contributed by atoms with Crippen molar-refractivity contribution in [2.24, 2.45) is 5.92 Å². The van der Waals surface area contributed by atoms with Crippen molar-refractivity contribution in [1.29, 1.82) is 0 Å². The minimum absolute atomic E-state index is 0.222. The van der Waals surface area contributed by atoms with Gasteiger partial charge in [0.05, 0.1) is 20.8 Å². The number of nitrogens with one attached hydrogen (secondary N) is 1. The standard InChI is InChI=1S/C20H25NO4/c1-14(2)10-11-25-18-9-8-15(12-19(18)24-4)20(22)21-16-6-5-7-17(13-16)23-3/h5-9,12-14H,10-11H2,1-4H3,(H,21,22). The van der Waals surface area contributed by atoms with E-state index >= 15 is 0 Å². The first-order valence-electron chi connectivity index (χ1n) is 8.29. The summed E-state index contributed by atoms with van der Waals surface area (Å²) in [6, 6.07) is 12.4. The molecule has 25 heavy (non-hydrogen) atoms. The summed E-state index contributed by atoms with van der Waals surface area (Å²) >= 11 is 0. The molecule has 0 bridgehead atoms. The molecule has 0 aliphatic rings. The Morgan fingerprint density at radius 3 is 2.52 bits per heavy atom. The normalized spacial score (nSPS) is 10.4. The molecule has 0 aliphatic heterocycles. The maximum absolute atomic E-state index is 12.4. The van der Waals surface area contributed by atoms with Crippen molar-refractivity contribution in [2.45, 2.75) is 20.3 Å². The Labute approximate surface area is 148 Å². The van der Waals surface area contributed by atoms with Crippen molar-refractivity contribution >= 4 is 11.6 Å². The van der Waals surface area contributed by atoms with Gasteiger partial charge in [-0.3, -0.25) is 4.79 Å². The lowest BCUT2D eigenvalue weighted by Gasteiger charge is -2.13. The Kier molecular flexibility index (Phi) is 6.69. The van der Waals surface area contributed by atoms with Crippen LogP contribution < -0.4 is 19.5 Å². The van der Waals surface area contributed by atoms with Crippen LogP contribution in [-0.4, -0.2) is 26.7 Å². The lowest BCUT2D eigenvalue weighted by molar-refractivity contribution is 0.102. The molecule has 0 aromatic heterocycles. The van der Waals surface area contributed by atoms with Gasteiger partial charge in [0.2, 0.25) is 0 Å². The predicted octanol–water partition coefficient (Wildman–Crippen LogP) is 4.38. The summed E-state index contributed by atoms with van der Waals surface area (Å²) in [5, 5.41) is 2.85. The van der Waals surface area contributed by atoms with Crippen molar-refractivity contribution in [3.8, 4) is 17.2 Å². The summed E-state index contributed by atoms with van der Waals surface area (Å²) in [7, 11) is 3.15. The first-order valence-corrected chi connectivity index (χ1v) is 8.29. The van der Waals surface area contributed by atoms with Crippen LogP contribution in [0, 0.1) is 5.92 Å². The summed E-state index contributed by atoms with van der Waals surface area (Å²) in [6.07, 6.45) is 0.960. The Morgan fingerprint density at radius 1 is 1.04 bits per heavy atom. The highest BCUT2D eigenvalue weighted by Crippen LogP contribution is 2.29. The van der Waals surface area contributed by atoms with E-state index in [4.69, 9.17) is 14.2 Å². The van der Waals surface area contributed by atoms with E-state index < -0.39 is 0 Å². The molecule has 0 saturated heterocycles. The average Bonchev–Trinajstić information content (AvgIpc) is 2.61. The van der Waals surface area contributed by atoms with E-state index in [1.807, 2.05) is 12.1 Å². The largest absolute Gasteiger partial charge is 0.497 e. The first-order chi connectivity index (χ1) is 12.0. The van der Waals surface area contributed by atoms with Crippen LogP contribution >= 0.6 is 0 Å². The molecule has 1 amide bonds. The van der Waals surface area contributed by atoms with Crippen LogP contribution in [0.25, 0.3) is 0 Å². The van der Waals surface area contributed by atoms with E-state index in [0.29, 0.717) is 41.0 Å². The number of carbonyl (C=O) groups excluding carboxylic acids is 1. The Bertz CT molecular complexity index is 713. The molecule has 0 atom stereocenters. The number of anilines is 1. The van der Waals surface area contributed by atoms with Gasteiger partial charge in [-0.25, -0.2) is 0 Å². The van der Waals surface area contributed by atoms with Gasteiger partial charge in [0.1, 0.15) is 5.75 Å². The van der Waals surface area contributed by atoms with Gasteiger partial charge in [-0.2, -0.15) is 0 Å². The van der Waals surface area contributed by atoms with Crippen LogP contribution in [0.1, 0.15) is 30.6 Å². The predicted molar refractivity (Wildman–Crippen MR) is 98.9 cm³/mol. The highest BCUT2D eigenvalue weighted by atomic mass is 16.5. The zero-order valence-corrected chi connectivity index (χ0v) is 15.2. The van der Waals surface area contributed by atoms with Crippen molar-refractivity contribution in [3.05, 3.63) is 48.0 Å². The number of amides is 1. The quantitative estimate of drug-likeness (QED) is 0.773. The van der Waals surface area contributed by atoms with Gasteiger partial charge in [-0.1, -0.05) is 19.9 Å². The van der Waals surface area contributed by atoms with Gasteiger partial charge in [0.15, 0.2) is 11.5 Å². The fourth-order valence-electron chi connectivity index (χ4n) is 2.24. The molecular weight excluding hydrogens is 318 g/mol. The summed E-state index contributed by atoms with van der Waals surface area (Å²) in [5.74, 6) is 2.21. The van der Waals surface area contributed by atoms with E-state index in [-0.39, 0.29) is 5.91 Å². The van der Waals surface area contributed by atoms with E-state index in [1.54, 1.807) is 44.6 Å². The van der Waals surface area contributed by atoms with Crippen LogP contribution in [0.5, 0.6) is 17.2 Å². The number of benzene rings is 2. The second kappa shape index (κ2) is 8.97. The van der Waals surface area contributed by atoms with E-state index in [9.17, 15) is 4.79 Å². The fraction of sp³-hybridized carbons (Fsp3) is 0.350. The average molecular weight is 343 g/mol. The van der Waals surface area contributed by atoms with Crippen molar-refractivity contribution in [3.63, 3.8) is 0 Å². The third-order valence-corrected chi connectivity index (χ3v) is 3.71. The highest BCUT2D eigenvalue weighted by Gasteiger charge is 2.12. The maximum atomic E-state index is 12.4. The third kappa shape index (κ3) is 5.41. The zero-order valence-electron chi connectivity index (χ0n) is 15.2. The first kappa shape index (κ1) is 18.6. The molecule has 1 N–H and O–H groups in total. The molecule has 5 heteroatoms. The van der Waals surface area contributed by atoms with Gasteiger partial charge < -0.3 is 19.5 Å². The fourth-order valence-corrected chi connectivity index (χ4v) is 2.24. The minimum atomic E-state index is -0.222. The molecule has 2 aromatic carbocycles. The minimum Gasteiger partial charge on any atom is -0.497 e. The third-order valence-electron chi connectivity index (χ3n) is 3.71. The molecule has 0 unspecified atom stereocenters. The monoisotopic (exact) mass is 343 g/mol. The van der Waals surface area contributed by atoms with Gasteiger partial charge in [-0.05, 0) is 42.7 Å². The lowest BCUT2D eigenvalue weighted by Crippen LogP contribution is -2.12. The van der Waals surface area contributed by atoms with Crippen molar-refractivity contribution in [1.82, 2.24) is 0 Å². The molecule has 0 spiro atoms. The van der Waals surface area contributed by atoms with Crippen molar-refractivity contribution < 1.29 is 19.0 Å². The molecule has 0 heterocycles. The Morgan fingerprint density at radius 2 is 1.84 bits per heavy atom. The summed E-state index contributed by atoms with van der Waals surface area (Å²) < 4.78 is 16.3. The number of methoxy groups -OCH3 is 2. The van der Waals surface area contributed by atoms with Gasteiger partial charge >= 0.3 is 0 Å². The van der Waals surface area contributed by atoms with Gasteiger partial charge in [-0.15, -0.1) is 0 Å². The number of ether oxygens (including phenoxy) is 3. The number of hydrogen-bond acceptors (Lipinski definition) is 4.